The summed E-state index contributed by atoms with van der Waals surface area (Å²) in [5, 5.41) is 2.84. The van der Waals surface area contributed by atoms with Crippen LogP contribution in [0.4, 0.5) is 0 Å². The molecule has 3 rings (SSSR count). The number of benzene rings is 2. The maximum atomic E-state index is 5.97. The fraction of sp³-hybridized carbons (Fsp3) is 0.0625. The van der Waals surface area contributed by atoms with Gasteiger partial charge < -0.3 is 4.74 Å². The number of hydrogen-bond acceptors (Lipinski definition) is 2. The lowest BCUT2D eigenvalue weighted by atomic mass is 10.1. The molecule has 1 heterocycles. The second-order valence-electron chi connectivity index (χ2n) is 4.32. The summed E-state index contributed by atoms with van der Waals surface area (Å²) in [7, 11) is 0. The van der Waals surface area contributed by atoms with Crippen molar-refractivity contribution in [1.82, 2.24) is 4.98 Å². The van der Waals surface area contributed by atoms with Gasteiger partial charge in [0.2, 0.25) is 5.88 Å². The largest absolute Gasteiger partial charge is 0.439 e. The Labute approximate surface area is 126 Å². The standard InChI is InChI=1S/C16H11Cl2NO/c17-10-15-14(18)7-8-16(19-15)20-13-6-5-11-3-1-2-4-12(11)9-13/h1-9H,10H2. The highest BCUT2D eigenvalue weighted by Gasteiger charge is 2.05. The first kappa shape index (κ1) is 13.2. The van der Waals surface area contributed by atoms with Crippen LogP contribution in [0.5, 0.6) is 11.6 Å². The minimum absolute atomic E-state index is 0.258. The van der Waals surface area contributed by atoms with Crippen LogP contribution in [0, 0.1) is 0 Å². The molecule has 0 amide bonds. The lowest BCUT2D eigenvalue weighted by Gasteiger charge is -2.07. The minimum atomic E-state index is 0.258. The van der Waals surface area contributed by atoms with Gasteiger partial charge >= 0.3 is 0 Å². The van der Waals surface area contributed by atoms with Crippen LogP contribution in [0.3, 0.4) is 0 Å². The van der Waals surface area contributed by atoms with Crippen LogP contribution in [-0.4, -0.2) is 4.98 Å². The highest BCUT2D eigenvalue weighted by atomic mass is 35.5. The molecule has 3 aromatic rings. The van der Waals surface area contributed by atoms with Gasteiger partial charge in [-0.05, 0) is 29.0 Å². The Morgan fingerprint density at radius 1 is 0.950 bits per heavy atom. The summed E-state index contributed by atoms with van der Waals surface area (Å²) in [6.07, 6.45) is 0. The Morgan fingerprint density at radius 3 is 2.55 bits per heavy atom. The van der Waals surface area contributed by atoms with E-state index >= 15 is 0 Å². The van der Waals surface area contributed by atoms with Gasteiger partial charge in [0.1, 0.15) is 5.75 Å². The van der Waals surface area contributed by atoms with Crippen molar-refractivity contribution in [2.75, 3.05) is 0 Å². The molecule has 1 aromatic heterocycles. The zero-order valence-corrected chi connectivity index (χ0v) is 12.0. The molecule has 0 aliphatic heterocycles. The molecule has 0 bridgehead atoms. The molecule has 4 heteroatoms. The molecule has 0 aliphatic rings. The second kappa shape index (κ2) is 5.70. The number of pyridine rings is 1. The van der Waals surface area contributed by atoms with E-state index in [1.54, 1.807) is 12.1 Å². The van der Waals surface area contributed by atoms with E-state index in [1.165, 1.54) is 5.39 Å². The lowest BCUT2D eigenvalue weighted by molar-refractivity contribution is 0.462. The SMILES string of the molecule is ClCc1nc(Oc2ccc3ccccc3c2)ccc1Cl. The molecule has 2 aromatic carbocycles. The van der Waals surface area contributed by atoms with E-state index in [1.807, 2.05) is 36.4 Å². The van der Waals surface area contributed by atoms with E-state index in [2.05, 4.69) is 11.1 Å². The molecule has 0 saturated heterocycles. The van der Waals surface area contributed by atoms with Crippen LogP contribution in [0.2, 0.25) is 5.02 Å². The maximum absolute atomic E-state index is 5.97. The average molecular weight is 304 g/mol. The number of ether oxygens (including phenoxy) is 1. The topological polar surface area (TPSA) is 22.1 Å². The molecule has 100 valence electrons. The van der Waals surface area contributed by atoms with E-state index in [-0.39, 0.29) is 5.88 Å². The Kier molecular flexibility index (Phi) is 3.77. The van der Waals surface area contributed by atoms with Crippen LogP contribution < -0.4 is 4.74 Å². The third kappa shape index (κ3) is 2.72. The third-order valence-corrected chi connectivity index (χ3v) is 3.56. The lowest BCUT2D eigenvalue weighted by Crippen LogP contribution is -1.92. The Hall–Kier alpha value is -1.77. The molecular weight excluding hydrogens is 293 g/mol. The first-order valence-corrected chi connectivity index (χ1v) is 7.05. The van der Waals surface area contributed by atoms with Gasteiger partial charge in [-0.25, -0.2) is 4.98 Å². The number of aromatic nitrogens is 1. The summed E-state index contributed by atoms with van der Waals surface area (Å²) in [6.45, 7) is 0. The van der Waals surface area contributed by atoms with Crippen molar-refractivity contribution in [3.05, 3.63) is 65.3 Å². The molecule has 0 radical (unpaired) electrons. The smallest absolute Gasteiger partial charge is 0.219 e. The normalized spacial score (nSPS) is 10.7. The molecule has 0 unspecified atom stereocenters. The first-order valence-electron chi connectivity index (χ1n) is 6.14. The Morgan fingerprint density at radius 2 is 1.75 bits per heavy atom. The van der Waals surface area contributed by atoms with Gasteiger partial charge in [-0.15, -0.1) is 11.6 Å². The molecule has 0 N–H and O–H groups in total. The molecule has 0 aliphatic carbocycles. The van der Waals surface area contributed by atoms with Crippen LogP contribution >= 0.6 is 23.2 Å². The van der Waals surface area contributed by atoms with Crippen molar-refractivity contribution >= 4 is 34.0 Å². The summed E-state index contributed by atoms with van der Waals surface area (Å²) in [4.78, 5) is 4.28. The molecule has 2 nitrogen and oxygen atoms in total. The van der Waals surface area contributed by atoms with Crippen molar-refractivity contribution in [2.45, 2.75) is 5.88 Å². The van der Waals surface area contributed by atoms with E-state index in [9.17, 15) is 0 Å². The van der Waals surface area contributed by atoms with E-state index in [0.717, 1.165) is 11.1 Å². The van der Waals surface area contributed by atoms with E-state index < -0.39 is 0 Å². The number of alkyl halides is 1. The van der Waals surface area contributed by atoms with Gasteiger partial charge in [0.25, 0.3) is 0 Å². The summed E-state index contributed by atoms with van der Waals surface area (Å²) < 4.78 is 5.76. The average Bonchev–Trinajstić information content (AvgIpc) is 2.49. The van der Waals surface area contributed by atoms with Crippen molar-refractivity contribution in [3.63, 3.8) is 0 Å². The number of rotatable bonds is 3. The van der Waals surface area contributed by atoms with Crippen molar-refractivity contribution in [2.24, 2.45) is 0 Å². The monoisotopic (exact) mass is 303 g/mol. The van der Waals surface area contributed by atoms with Gasteiger partial charge in [-0.1, -0.05) is 41.9 Å². The molecule has 0 fully saturated rings. The summed E-state index contributed by atoms with van der Waals surface area (Å²) >= 11 is 11.8. The van der Waals surface area contributed by atoms with Crippen molar-refractivity contribution in [1.29, 1.82) is 0 Å². The molecule has 0 saturated carbocycles. The van der Waals surface area contributed by atoms with E-state index in [0.29, 0.717) is 16.6 Å². The summed E-state index contributed by atoms with van der Waals surface area (Å²) in [5.41, 5.74) is 0.617. The van der Waals surface area contributed by atoms with Crippen molar-refractivity contribution in [3.8, 4) is 11.6 Å². The molecule has 0 spiro atoms. The first-order chi connectivity index (χ1) is 9.76. The van der Waals surface area contributed by atoms with Gasteiger partial charge in [0, 0.05) is 6.07 Å². The van der Waals surface area contributed by atoms with E-state index in [4.69, 9.17) is 27.9 Å². The number of halogens is 2. The zero-order valence-electron chi connectivity index (χ0n) is 10.5. The van der Waals surface area contributed by atoms with Crippen LogP contribution in [0.25, 0.3) is 10.8 Å². The fourth-order valence-electron chi connectivity index (χ4n) is 1.97. The zero-order chi connectivity index (χ0) is 13.9. The molecule has 0 atom stereocenters. The predicted octanol–water partition coefficient (Wildman–Crippen LogP) is 5.42. The fourth-order valence-corrected chi connectivity index (χ4v) is 2.41. The van der Waals surface area contributed by atoms with Gasteiger partial charge in [0.15, 0.2) is 0 Å². The van der Waals surface area contributed by atoms with Crippen LogP contribution in [0.15, 0.2) is 54.6 Å². The summed E-state index contributed by atoms with van der Waals surface area (Å²) in [5.74, 6) is 1.48. The van der Waals surface area contributed by atoms with Gasteiger partial charge in [0.05, 0.1) is 16.6 Å². The van der Waals surface area contributed by atoms with Gasteiger partial charge in [-0.2, -0.15) is 0 Å². The van der Waals surface area contributed by atoms with Gasteiger partial charge in [-0.3, -0.25) is 0 Å². The number of nitrogens with zero attached hydrogens (tertiary/aromatic N) is 1. The third-order valence-electron chi connectivity index (χ3n) is 2.96. The predicted molar refractivity (Wildman–Crippen MR) is 82.8 cm³/mol. The number of hydrogen-bond donors (Lipinski definition) is 0. The molecule has 20 heavy (non-hydrogen) atoms. The molecular formula is C16H11Cl2NO. The minimum Gasteiger partial charge on any atom is -0.439 e. The number of fused-ring (bicyclic) bond motifs is 1. The Bertz CT molecular complexity index is 758. The highest BCUT2D eigenvalue weighted by Crippen LogP contribution is 2.26. The quantitative estimate of drug-likeness (QED) is 0.603. The maximum Gasteiger partial charge on any atom is 0.219 e. The second-order valence-corrected chi connectivity index (χ2v) is 5.00. The highest BCUT2D eigenvalue weighted by molar-refractivity contribution is 6.32. The van der Waals surface area contributed by atoms with Crippen molar-refractivity contribution < 1.29 is 4.74 Å². The van der Waals surface area contributed by atoms with Crippen LogP contribution in [0.1, 0.15) is 5.69 Å². The Balaban J connectivity index is 1.92. The van der Waals surface area contributed by atoms with Crippen LogP contribution in [-0.2, 0) is 5.88 Å². The summed E-state index contributed by atoms with van der Waals surface area (Å²) in [6, 6.07) is 17.5.